The van der Waals surface area contributed by atoms with E-state index in [1.807, 2.05) is 6.92 Å². The summed E-state index contributed by atoms with van der Waals surface area (Å²) in [7, 11) is 0. The molecular formula is C12H23NO2. The van der Waals surface area contributed by atoms with E-state index in [0.717, 1.165) is 13.1 Å². The number of carbonyl (C=O) groups excluding carboxylic acids is 1. The van der Waals surface area contributed by atoms with Gasteiger partial charge in [-0.3, -0.25) is 9.69 Å². The van der Waals surface area contributed by atoms with Crippen LogP contribution in [0.2, 0.25) is 0 Å². The van der Waals surface area contributed by atoms with E-state index in [1.165, 1.54) is 19.3 Å². The SMILES string of the molecule is CC(C)COC(=O)C(C)N1CCCCC1. The molecule has 88 valence electrons. The second-order valence-corrected chi connectivity index (χ2v) is 4.80. The topological polar surface area (TPSA) is 29.5 Å². The van der Waals surface area contributed by atoms with Crippen molar-refractivity contribution in [2.24, 2.45) is 5.92 Å². The number of likely N-dealkylation sites (tertiary alicyclic amines) is 1. The van der Waals surface area contributed by atoms with Gasteiger partial charge in [0, 0.05) is 0 Å². The van der Waals surface area contributed by atoms with Gasteiger partial charge >= 0.3 is 5.97 Å². The molecule has 1 unspecified atom stereocenters. The van der Waals surface area contributed by atoms with Gasteiger partial charge in [0.25, 0.3) is 0 Å². The number of esters is 1. The molecular weight excluding hydrogens is 190 g/mol. The van der Waals surface area contributed by atoms with Crippen molar-refractivity contribution in [3.05, 3.63) is 0 Å². The van der Waals surface area contributed by atoms with Gasteiger partial charge in [-0.1, -0.05) is 20.3 Å². The molecule has 1 atom stereocenters. The van der Waals surface area contributed by atoms with Crippen LogP contribution in [0.4, 0.5) is 0 Å². The Morgan fingerprint density at radius 1 is 1.20 bits per heavy atom. The van der Waals surface area contributed by atoms with Crippen molar-refractivity contribution in [3.63, 3.8) is 0 Å². The Labute approximate surface area is 92.8 Å². The highest BCUT2D eigenvalue weighted by Gasteiger charge is 2.23. The molecule has 1 rings (SSSR count). The minimum absolute atomic E-state index is 0.0643. The Kier molecular flexibility index (Phi) is 5.09. The molecule has 0 saturated carbocycles. The Balaban J connectivity index is 2.30. The van der Waals surface area contributed by atoms with E-state index in [4.69, 9.17) is 4.74 Å². The maximum Gasteiger partial charge on any atom is 0.323 e. The zero-order valence-electron chi connectivity index (χ0n) is 10.2. The quantitative estimate of drug-likeness (QED) is 0.669. The summed E-state index contributed by atoms with van der Waals surface area (Å²) in [6, 6.07) is -0.0657. The molecule has 0 aromatic carbocycles. The van der Waals surface area contributed by atoms with Gasteiger partial charge in [-0.25, -0.2) is 0 Å². The third kappa shape index (κ3) is 4.20. The molecule has 1 saturated heterocycles. The van der Waals surface area contributed by atoms with E-state index in [0.29, 0.717) is 12.5 Å². The predicted octanol–water partition coefficient (Wildman–Crippen LogP) is 2.06. The summed E-state index contributed by atoms with van der Waals surface area (Å²) in [4.78, 5) is 13.9. The van der Waals surface area contributed by atoms with Crippen LogP contribution in [0.15, 0.2) is 0 Å². The molecule has 0 aromatic rings. The third-order valence-corrected chi connectivity index (χ3v) is 2.84. The maximum absolute atomic E-state index is 11.7. The van der Waals surface area contributed by atoms with Crippen LogP contribution in [-0.4, -0.2) is 36.6 Å². The molecule has 1 aliphatic heterocycles. The van der Waals surface area contributed by atoms with Crippen LogP contribution in [-0.2, 0) is 9.53 Å². The Morgan fingerprint density at radius 2 is 1.80 bits per heavy atom. The van der Waals surface area contributed by atoms with Crippen molar-refractivity contribution in [2.45, 2.75) is 46.1 Å². The summed E-state index contributed by atoms with van der Waals surface area (Å²) in [6.45, 7) is 8.68. The van der Waals surface area contributed by atoms with Crippen molar-refractivity contribution < 1.29 is 9.53 Å². The lowest BCUT2D eigenvalue weighted by Gasteiger charge is -2.30. The first kappa shape index (κ1) is 12.5. The van der Waals surface area contributed by atoms with Gasteiger partial charge in [0.2, 0.25) is 0 Å². The molecule has 0 radical (unpaired) electrons. The van der Waals surface area contributed by atoms with E-state index in [9.17, 15) is 4.79 Å². The molecule has 1 fully saturated rings. The van der Waals surface area contributed by atoms with Gasteiger partial charge in [0.15, 0.2) is 0 Å². The number of carbonyl (C=O) groups is 1. The number of hydrogen-bond acceptors (Lipinski definition) is 3. The lowest BCUT2D eigenvalue weighted by molar-refractivity contribution is -0.150. The second-order valence-electron chi connectivity index (χ2n) is 4.80. The molecule has 0 bridgehead atoms. The van der Waals surface area contributed by atoms with Crippen molar-refractivity contribution in [2.75, 3.05) is 19.7 Å². The summed E-state index contributed by atoms with van der Waals surface area (Å²) in [5, 5.41) is 0. The fourth-order valence-electron chi connectivity index (χ4n) is 1.82. The number of piperidine rings is 1. The van der Waals surface area contributed by atoms with Crippen LogP contribution < -0.4 is 0 Å². The van der Waals surface area contributed by atoms with E-state index in [1.54, 1.807) is 0 Å². The number of ether oxygens (including phenoxy) is 1. The molecule has 15 heavy (non-hydrogen) atoms. The molecule has 3 nitrogen and oxygen atoms in total. The molecule has 0 aliphatic carbocycles. The van der Waals surface area contributed by atoms with Crippen LogP contribution in [0.1, 0.15) is 40.0 Å². The third-order valence-electron chi connectivity index (χ3n) is 2.84. The average Bonchev–Trinajstić information content (AvgIpc) is 2.26. The highest BCUT2D eigenvalue weighted by molar-refractivity contribution is 5.75. The molecule has 1 aliphatic rings. The lowest BCUT2D eigenvalue weighted by Crippen LogP contribution is -2.43. The van der Waals surface area contributed by atoms with Gasteiger partial charge in [0.1, 0.15) is 6.04 Å². The number of rotatable bonds is 4. The molecule has 0 amide bonds. The van der Waals surface area contributed by atoms with Gasteiger partial charge in [-0.15, -0.1) is 0 Å². The fourth-order valence-corrected chi connectivity index (χ4v) is 1.82. The van der Waals surface area contributed by atoms with Crippen molar-refractivity contribution in [1.29, 1.82) is 0 Å². The van der Waals surface area contributed by atoms with E-state index in [2.05, 4.69) is 18.7 Å². The zero-order valence-corrected chi connectivity index (χ0v) is 10.2. The van der Waals surface area contributed by atoms with Crippen molar-refractivity contribution in [3.8, 4) is 0 Å². The monoisotopic (exact) mass is 213 g/mol. The number of hydrogen-bond donors (Lipinski definition) is 0. The van der Waals surface area contributed by atoms with Crippen molar-refractivity contribution in [1.82, 2.24) is 4.90 Å². The summed E-state index contributed by atoms with van der Waals surface area (Å²) >= 11 is 0. The summed E-state index contributed by atoms with van der Waals surface area (Å²) in [6.07, 6.45) is 3.72. The zero-order chi connectivity index (χ0) is 11.3. The van der Waals surface area contributed by atoms with Gasteiger partial charge in [-0.05, 0) is 38.8 Å². The minimum atomic E-state index is -0.0657. The minimum Gasteiger partial charge on any atom is -0.464 e. The summed E-state index contributed by atoms with van der Waals surface area (Å²) < 4.78 is 5.24. The van der Waals surface area contributed by atoms with E-state index < -0.39 is 0 Å². The Morgan fingerprint density at radius 3 is 2.33 bits per heavy atom. The summed E-state index contributed by atoms with van der Waals surface area (Å²) in [5.41, 5.74) is 0. The summed E-state index contributed by atoms with van der Waals surface area (Å²) in [5.74, 6) is 0.355. The first-order chi connectivity index (χ1) is 7.11. The standard InChI is InChI=1S/C12H23NO2/c1-10(2)9-15-12(14)11(3)13-7-5-4-6-8-13/h10-11H,4-9H2,1-3H3. The number of nitrogens with zero attached hydrogens (tertiary/aromatic N) is 1. The van der Waals surface area contributed by atoms with E-state index in [-0.39, 0.29) is 12.0 Å². The maximum atomic E-state index is 11.7. The highest BCUT2D eigenvalue weighted by atomic mass is 16.5. The Hall–Kier alpha value is -0.570. The lowest BCUT2D eigenvalue weighted by atomic mass is 10.1. The van der Waals surface area contributed by atoms with Crippen LogP contribution in [0.5, 0.6) is 0 Å². The normalized spacial score (nSPS) is 20.3. The fraction of sp³-hybridized carbons (Fsp3) is 0.917. The smallest absolute Gasteiger partial charge is 0.323 e. The second kappa shape index (κ2) is 6.11. The van der Waals surface area contributed by atoms with Crippen LogP contribution >= 0.6 is 0 Å². The van der Waals surface area contributed by atoms with Crippen molar-refractivity contribution >= 4 is 5.97 Å². The van der Waals surface area contributed by atoms with E-state index >= 15 is 0 Å². The van der Waals surface area contributed by atoms with Crippen LogP contribution in [0.3, 0.4) is 0 Å². The largest absolute Gasteiger partial charge is 0.464 e. The molecule has 0 aromatic heterocycles. The highest BCUT2D eigenvalue weighted by Crippen LogP contribution is 2.13. The first-order valence-electron chi connectivity index (χ1n) is 6.02. The predicted molar refractivity (Wildman–Crippen MR) is 60.7 cm³/mol. The van der Waals surface area contributed by atoms with Gasteiger partial charge < -0.3 is 4.74 Å². The Bertz CT molecular complexity index is 198. The molecule has 1 heterocycles. The first-order valence-corrected chi connectivity index (χ1v) is 6.02. The van der Waals surface area contributed by atoms with Gasteiger partial charge in [0.05, 0.1) is 6.61 Å². The van der Waals surface area contributed by atoms with Crippen LogP contribution in [0.25, 0.3) is 0 Å². The molecule has 0 spiro atoms. The van der Waals surface area contributed by atoms with Gasteiger partial charge in [-0.2, -0.15) is 0 Å². The molecule has 3 heteroatoms. The van der Waals surface area contributed by atoms with Crippen LogP contribution in [0, 0.1) is 5.92 Å². The molecule has 0 N–H and O–H groups in total. The average molecular weight is 213 g/mol.